The Bertz CT molecular complexity index is 650. The molecule has 0 saturated heterocycles. The number of halogens is 1. The van der Waals surface area contributed by atoms with Crippen molar-refractivity contribution in [3.05, 3.63) is 72.6 Å². The van der Waals surface area contributed by atoms with Crippen molar-refractivity contribution >= 4 is 11.5 Å². The lowest BCUT2D eigenvalue weighted by molar-refractivity contribution is 0.402. The van der Waals surface area contributed by atoms with Gasteiger partial charge in [-0.2, -0.15) is 0 Å². The summed E-state index contributed by atoms with van der Waals surface area (Å²) in [7, 11) is 1.79. The predicted octanol–water partition coefficient (Wildman–Crippen LogP) is 8.61. The minimum atomic E-state index is -0.847. The lowest BCUT2D eigenvalue weighted by atomic mass is 10.1. The maximum atomic E-state index is 12.6. The number of aromatic nitrogens is 2. The third-order valence-corrected chi connectivity index (χ3v) is 3.84. The molecule has 1 aromatic rings. The molecule has 0 aromatic carbocycles. The second-order valence-electron chi connectivity index (χ2n) is 7.16. The molecular formula is C27H46FN3. The molecule has 1 unspecified atom stereocenters. The van der Waals surface area contributed by atoms with Gasteiger partial charge in [0.25, 0.3) is 0 Å². The summed E-state index contributed by atoms with van der Waals surface area (Å²) in [5, 5.41) is 2.86. The van der Waals surface area contributed by atoms with Crippen molar-refractivity contribution in [1.82, 2.24) is 9.97 Å². The number of alkyl halides is 1. The van der Waals surface area contributed by atoms with E-state index in [1.807, 2.05) is 46.8 Å². The second-order valence-corrected chi connectivity index (χ2v) is 7.16. The molecule has 0 saturated carbocycles. The number of nitrogens with zero attached hydrogens (tertiary/aromatic N) is 2. The van der Waals surface area contributed by atoms with Crippen molar-refractivity contribution in [2.45, 2.75) is 74.9 Å². The number of hydrogen-bond donors (Lipinski definition) is 1. The zero-order valence-corrected chi connectivity index (χ0v) is 21.6. The Morgan fingerprint density at radius 2 is 1.52 bits per heavy atom. The maximum Gasteiger partial charge on any atom is 0.222 e. The average Bonchev–Trinajstić information content (AvgIpc) is 2.76. The lowest BCUT2D eigenvalue weighted by Gasteiger charge is -2.01. The SMILES string of the molecule is C=C/C(=C\C)c1cnc(NC)nc1.C=CCC(F)/C=C\C(C)C.CC.CC(C)=C(C)C. The van der Waals surface area contributed by atoms with Crippen LogP contribution in [0.25, 0.3) is 5.57 Å². The van der Waals surface area contributed by atoms with Gasteiger partial charge in [0.1, 0.15) is 6.17 Å². The predicted molar refractivity (Wildman–Crippen MR) is 140 cm³/mol. The van der Waals surface area contributed by atoms with Crippen LogP contribution in [0.3, 0.4) is 0 Å². The smallest absolute Gasteiger partial charge is 0.222 e. The third kappa shape index (κ3) is 20.6. The maximum absolute atomic E-state index is 12.6. The molecule has 176 valence electrons. The van der Waals surface area contributed by atoms with Gasteiger partial charge in [0.15, 0.2) is 0 Å². The van der Waals surface area contributed by atoms with Gasteiger partial charge in [-0.25, -0.2) is 14.4 Å². The standard InChI is InChI=1S/C10H13N3.C9H15F.C6H12.C2H6/c1-4-8(5-2)9-6-12-10(11-3)13-7-9;1-4-5-9(10)7-6-8(2)3;1-5(2)6(3)4;1-2/h4-7H,1H2,2-3H3,(H,11,12,13);4,6-9H,1,5H2,2-3H3;1-4H3;1-2H3/b8-5+;7-6-;;. The molecule has 0 aliphatic heterocycles. The summed E-state index contributed by atoms with van der Waals surface area (Å²) < 4.78 is 12.6. The van der Waals surface area contributed by atoms with Gasteiger partial charge in [0.05, 0.1) is 0 Å². The van der Waals surface area contributed by atoms with E-state index >= 15 is 0 Å². The summed E-state index contributed by atoms with van der Waals surface area (Å²) in [4.78, 5) is 8.21. The molecule has 0 radical (unpaired) electrons. The fourth-order valence-corrected chi connectivity index (χ4v) is 1.59. The molecule has 1 rings (SSSR count). The number of anilines is 1. The third-order valence-electron chi connectivity index (χ3n) is 3.84. The van der Waals surface area contributed by atoms with Gasteiger partial charge in [-0.05, 0) is 52.5 Å². The molecule has 1 N–H and O–H groups in total. The minimum Gasteiger partial charge on any atom is -0.357 e. The van der Waals surface area contributed by atoms with Crippen molar-refractivity contribution in [3.63, 3.8) is 0 Å². The second kappa shape index (κ2) is 22.2. The van der Waals surface area contributed by atoms with Gasteiger partial charge in [-0.3, -0.25) is 0 Å². The summed E-state index contributed by atoms with van der Waals surface area (Å²) in [6.45, 7) is 25.7. The highest BCUT2D eigenvalue weighted by atomic mass is 19.1. The Balaban J connectivity index is -0.000000388. The van der Waals surface area contributed by atoms with Crippen molar-refractivity contribution in [3.8, 4) is 0 Å². The molecule has 31 heavy (non-hydrogen) atoms. The summed E-state index contributed by atoms with van der Waals surface area (Å²) in [5.41, 5.74) is 4.88. The van der Waals surface area contributed by atoms with Crippen LogP contribution in [0.5, 0.6) is 0 Å². The first-order chi connectivity index (χ1) is 14.6. The molecule has 0 amide bonds. The molecule has 0 fully saturated rings. The zero-order valence-electron chi connectivity index (χ0n) is 21.6. The van der Waals surface area contributed by atoms with Crippen LogP contribution in [0.2, 0.25) is 0 Å². The van der Waals surface area contributed by atoms with E-state index in [-0.39, 0.29) is 0 Å². The molecule has 0 bridgehead atoms. The average molecular weight is 432 g/mol. The molecule has 0 spiro atoms. The van der Waals surface area contributed by atoms with Crippen molar-refractivity contribution in [2.75, 3.05) is 12.4 Å². The Labute approximate surface area is 192 Å². The van der Waals surface area contributed by atoms with Gasteiger partial charge < -0.3 is 5.32 Å². The molecular weight excluding hydrogens is 385 g/mol. The van der Waals surface area contributed by atoms with Crippen LogP contribution in [-0.2, 0) is 0 Å². The Morgan fingerprint density at radius 3 is 1.81 bits per heavy atom. The molecule has 1 aromatic heterocycles. The summed E-state index contributed by atoms with van der Waals surface area (Å²) in [5.74, 6) is 1.06. The van der Waals surface area contributed by atoms with Gasteiger partial charge in [-0.1, -0.05) is 75.8 Å². The largest absolute Gasteiger partial charge is 0.357 e. The van der Waals surface area contributed by atoms with Gasteiger partial charge in [0, 0.05) is 25.0 Å². The van der Waals surface area contributed by atoms with Crippen molar-refractivity contribution in [2.24, 2.45) is 5.92 Å². The Kier molecular flexibility index (Phi) is 23.7. The van der Waals surface area contributed by atoms with Crippen LogP contribution in [-0.4, -0.2) is 23.2 Å². The van der Waals surface area contributed by atoms with E-state index in [2.05, 4.69) is 56.1 Å². The number of rotatable bonds is 7. The number of nitrogens with one attached hydrogen (secondary N) is 1. The van der Waals surface area contributed by atoms with Gasteiger partial charge >= 0.3 is 0 Å². The molecule has 0 aliphatic carbocycles. The minimum absolute atomic E-state index is 0.420. The van der Waals surface area contributed by atoms with E-state index in [4.69, 9.17) is 0 Å². The van der Waals surface area contributed by atoms with E-state index < -0.39 is 6.17 Å². The molecule has 1 heterocycles. The highest BCUT2D eigenvalue weighted by Gasteiger charge is 1.97. The fraction of sp³-hybridized carbons (Fsp3) is 0.481. The Hall–Kier alpha value is -2.49. The summed E-state index contributed by atoms with van der Waals surface area (Å²) >= 11 is 0. The van der Waals surface area contributed by atoms with Crippen molar-refractivity contribution < 1.29 is 4.39 Å². The molecule has 4 heteroatoms. The van der Waals surface area contributed by atoms with E-state index in [0.29, 0.717) is 18.3 Å². The van der Waals surface area contributed by atoms with Crippen LogP contribution in [0.15, 0.2) is 67.1 Å². The lowest BCUT2D eigenvalue weighted by Crippen LogP contribution is -1.96. The molecule has 0 aliphatic rings. The van der Waals surface area contributed by atoms with Crippen LogP contribution in [0, 0.1) is 5.92 Å². The van der Waals surface area contributed by atoms with Gasteiger partial charge in [-0.15, -0.1) is 6.58 Å². The first-order valence-corrected chi connectivity index (χ1v) is 11.0. The van der Waals surface area contributed by atoms with Crippen LogP contribution < -0.4 is 5.32 Å². The Morgan fingerprint density at radius 1 is 1.03 bits per heavy atom. The molecule has 3 nitrogen and oxygen atoms in total. The van der Waals surface area contributed by atoms with E-state index in [1.165, 1.54) is 11.1 Å². The van der Waals surface area contributed by atoms with Gasteiger partial charge in [0.2, 0.25) is 5.95 Å². The first-order valence-electron chi connectivity index (χ1n) is 11.0. The highest BCUT2D eigenvalue weighted by molar-refractivity contribution is 5.72. The van der Waals surface area contributed by atoms with E-state index in [9.17, 15) is 4.39 Å². The number of hydrogen-bond acceptors (Lipinski definition) is 3. The van der Waals surface area contributed by atoms with Crippen LogP contribution in [0.4, 0.5) is 10.3 Å². The fourth-order valence-electron chi connectivity index (χ4n) is 1.59. The molecule has 1 atom stereocenters. The number of allylic oxidation sites excluding steroid dienone is 8. The summed E-state index contributed by atoms with van der Waals surface area (Å²) in [6, 6.07) is 0. The van der Waals surface area contributed by atoms with Crippen LogP contribution >= 0.6 is 0 Å². The topological polar surface area (TPSA) is 37.8 Å². The summed E-state index contributed by atoms with van der Waals surface area (Å²) in [6.07, 6.45) is 11.9. The van der Waals surface area contributed by atoms with E-state index in [0.717, 1.165) is 11.1 Å². The van der Waals surface area contributed by atoms with Crippen molar-refractivity contribution in [1.29, 1.82) is 0 Å². The normalized spacial score (nSPS) is 11.0. The monoisotopic (exact) mass is 431 g/mol. The zero-order chi connectivity index (χ0) is 24.8. The quantitative estimate of drug-likeness (QED) is 0.347. The highest BCUT2D eigenvalue weighted by Crippen LogP contribution is 2.13. The van der Waals surface area contributed by atoms with Crippen LogP contribution in [0.1, 0.15) is 74.3 Å². The van der Waals surface area contributed by atoms with E-state index in [1.54, 1.807) is 37.7 Å². The first kappa shape index (κ1) is 33.2.